The summed E-state index contributed by atoms with van der Waals surface area (Å²) in [4.78, 5) is 30.5. The van der Waals surface area contributed by atoms with Crippen LogP contribution in [0.15, 0.2) is 47.5 Å². The molecule has 0 N–H and O–H groups in total. The van der Waals surface area contributed by atoms with Crippen molar-refractivity contribution in [3.63, 3.8) is 0 Å². The van der Waals surface area contributed by atoms with E-state index in [1.54, 1.807) is 22.9 Å². The largest absolute Gasteiger partial charge is 0.490 e. The highest BCUT2D eigenvalue weighted by Gasteiger charge is 2.27. The normalized spacial score (nSPS) is 14.4. The molecule has 0 radical (unpaired) electrons. The Morgan fingerprint density at radius 2 is 2.06 bits per heavy atom. The number of rotatable bonds is 9. The summed E-state index contributed by atoms with van der Waals surface area (Å²) >= 11 is 6.43. The number of aromatic nitrogens is 4. The third-order valence-electron chi connectivity index (χ3n) is 6.32. The first-order chi connectivity index (χ1) is 17.0. The van der Waals surface area contributed by atoms with Crippen LogP contribution in [0.25, 0.3) is 16.6 Å². The van der Waals surface area contributed by atoms with Crippen molar-refractivity contribution in [2.75, 3.05) is 13.7 Å². The maximum absolute atomic E-state index is 13.3. The zero-order valence-electron chi connectivity index (χ0n) is 19.7. The zero-order chi connectivity index (χ0) is 24.5. The van der Waals surface area contributed by atoms with Crippen molar-refractivity contribution in [3.8, 4) is 5.75 Å². The molecule has 0 aliphatic heterocycles. The van der Waals surface area contributed by atoms with Crippen molar-refractivity contribution in [2.45, 2.75) is 45.1 Å². The Hall–Kier alpha value is -3.39. The Morgan fingerprint density at radius 3 is 2.80 bits per heavy atom. The van der Waals surface area contributed by atoms with E-state index in [1.165, 1.54) is 20.0 Å². The van der Waals surface area contributed by atoms with Gasteiger partial charge >= 0.3 is 5.97 Å². The number of halogens is 1. The summed E-state index contributed by atoms with van der Waals surface area (Å²) in [5, 5.41) is 5.67. The average Bonchev–Trinajstić information content (AvgIpc) is 3.62. The number of hydrogen-bond donors (Lipinski definition) is 0. The first-order valence-corrected chi connectivity index (χ1v) is 12.2. The van der Waals surface area contributed by atoms with E-state index < -0.39 is 11.9 Å². The van der Waals surface area contributed by atoms with Gasteiger partial charge in [0.05, 0.1) is 42.7 Å². The van der Waals surface area contributed by atoms with Gasteiger partial charge in [0.25, 0.3) is 0 Å². The summed E-state index contributed by atoms with van der Waals surface area (Å²) in [5.74, 6) is 0.0686. The second-order valence-corrected chi connectivity index (χ2v) is 9.40. The highest BCUT2D eigenvalue weighted by molar-refractivity contribution is 6.32. The molecule has 3 aromatic heterocycles. The molecule has 0 spiro atoms. The van der Waals surface area contributed by atoms with Gasteiger partial charge in [0, 0.05) is 17.6 Å². The van der Waals surface area contributed by atoms with E-state index in [-0.39, 0.29) is 11.1 Å². The summed E-state index contributed by atoms with van der Waals surface area (Å²) in [5.41, 5.74) is 2.04. The molecule has 1 aliphatic rings. The third kappa shape index (κ3) is 4.75. The fourth-order valence-electron chi connectivity index (χ4n) is 4.27. The molecule has 0 bridgehead atoms. The van der Waals surface area contributed by atoms with Gasteiger partial charge in [0.1, 0.15) is 17.3 Å². The van der Waals surface area contributed by atoms with Crippen LogP contribution < -0.4 is 10.2 Å². The fourth-order valence-corrected chi connectivity index (χ4v) is 4.48. The van der Waals surface area contributed by atoms with Gasteiger partial charge in [-0.15, -0.1) is 0 Å². The minimum Gasteiger partial charge on any atom is -0.490 e. The van der Waals surface area contributed by atoms with Crippen molar-refractivity contribution < 1.29 is 14.3 Å². The van der Waals surface area contributed by atoms with E-state index in [0.717, 1.165) is 5.69 Å². The maximum Gasteiger partial charge on any atom is 0.314 e. The number of carbonyl (C=O) groups is 1. The van der Waals surface area contributed by atoms with Gasteiger partial charge in [0.2, 0.25) is 5.43 Å². The van der Waals surface area contributed by atoms with Gasteiger partial charge in [-0.3, -0.25) is 14.3 Å². The number of methoxy groups -OCH3 is 1. The summed E-state index contributed by atoms with van der Waals surface area (Å²) in [6.45, 7) is 2.94. The fraction of sp³-hybridized carbons (Fsp3) is 0.385. The highest BCUT2D eigenvalue weighted by atomic mass is 35.5. The van der Waals surface area contributed by atoms with Crippen LogP contribution in [0.5, 0.6) is 5.75 Å². The number of carbonyl (C=O) groups excluding carboxylic acids is 1. The lowest BCUT2D eigenvalue weighted by atomic mass is 9.98. The van der Waals surface area contributed by atoms with Gasteiger partial charge in [0.15, 0.2) is 5.75 Å². The molecule has 9 heteroatoms. The lowest BCUT2D eigenvalue weighted by Crippen LogP contribution is -2.27. The highest BCUT2D eigenvalue weighted by Crippen LogP contribution is 2.32. The van der Waals surface area contributed by atoms with E-state index in [9.17, 15) is 9.59 Å². The molecular formula is C26H27ClN4O4. The molecule has 1 aromatic carbocycles. The Kier molecular flexibility index (Phi) is 6.47. The van der Waals surface area contributed by atoms with Gasteiger partial charge in [-0.2, -0.15) is 5.10 Å². The smallest absolute Gasteiger partial charge is 0.314 e. The summed E-state index contributed by atoms with van der Waals surface area (Å²) in [6.07, 6.45) is 7.33. The topological polar surface area (TPSA) is 87.7 Å². The second kappa shape index (κ2) is 9.70. The lowest BCUT2D eigenvalue weighted by molar-refractivity contribution is -0.142. The number of fused-ring (bicyclic) bond motifs is 2. The monoisotopic (exact) mass is 494 g/mol. The minimum atomic E-state index is -0.723. The number of benzene rings is 1. The molecule has 3 heterocycles. The van der Waals surface area contributed by atoms with Gasteiger partial charge < -0.3 is 13.9 Å². The van der Waals surface area contributed by atoms with Gasteiger partial charge in [-0.1, -0.05) is 37.1 Å². The van der Waals surface area contributed by atoms with Crippen molar-refractivity contribution in [2.24, 2.45) is 5.92 Å². The Balaban J connectivity index is 1.54. The summed E-state index contributed by atoms with van der Waals surface area (Å²) < 4.78 is 14.5. The van der Waals surface area contributed by atoms with Crippen molar-refractivity contribution in [3.05, 3.63) is 69.4 Å². The predicted octanol–water partition coefficient (Wildman–Crippen LogP) is 4.59. The van der Waals surface area contributed by atoms with Crippen LogP contribution in [0, 0.1) is 5.92 Å². The van der Waals surface area contributed by atoms with E-state index >= 15 is 0 Å². The SMILES string of the molecule is CCCC(C(=O)OC)c1nn(Cc2cn3cc(OCC4CC4)c(Cl)cc3n2)c2ccccc2c1=O. The van der Waals surface area contributed by atoms with Crippen LogP contribution >= 0.6 is 11.6 Å². The molecule has 1 saturated carbocycles. The molecule has 1 fully saturated rings. The minimum absolute atomic E-state index is 0.194. The van der Waals surface area contributed by atoms with E-state index in [4.69, 9.17) is 26.1 Å². The van der Waals surface area contributed by atoms with Gasteiger partial charge in [-0.25, -0.2) is 4.98 Å². The standard InChI is InChI=1S/C26H27ClN4O4/c1-3-6-19(26(33)34-2)24-25(32)18-7-4-5-8-21(18)31(29-24)13-17-12-30-14-22(35-15-16-9-10-16)20(27)11-23(30)28-17/h4-5,7-8,11-12,14,16,19H,3,6,9-10,13,15H2,1-2H3. The summed E-state index contributed by atoms with van der Waals surface area (Å²) in [6, 6.07) is 9.05. The number of para-hydroxylation sites is 1. The number of ether oxygens (including phenoxy) is 2. The number of hydrogen-bond acceptors (Lipinski definition) is 6. The molecule has 0 amide bonds. The van der Waals surface area contributed by atoms with Crippen LogP contribution in [0.2, 0.25) is 5.02 Å². The second-order valence-electron chi connectivity index (χ2n) is 8.99. The summed E-state index contributed by atoms with van der Waals surface area (Å²) in [7, 11) is 1.33. The molecule has 1 atom stereocenters. The molecule has 1 unspecified atom stereocenters. The zero-order valence-corrected chi connectivity index (χ0v) is 20.5. The average molecular weight is 495 g/mol. The molecule has 5 rings (SSSR count). The molecule has 182 valence electrons. The number of pyridine rings is 1. The Morgan fingerprint density at radius 1 is 1.26 bits per heavy atom. The number of esters is 1. The van der Waals surface area contributed by atoms with Crippen LogP contribution in [-0.4, -0.2) is 38.9 Å². The number of nitrogens with zero attached hydrogens (tertiary/aromatic N) is 4. The number of imidazole rings is 1. The van der Waals surface area contributed by atoms with Gasteiger partial charge in [-0.05, 0) is 37.3 Å². The van der Waals surface area contributed by atoms with Crippen LogP contribution in [0.3, 0.4) is 0 Å². The molecule has 1 aliphatic carbocycles. The Bertz CT molecular complexity index is 1460. The molecule has 4 aromatic rings. The molecular weight excluding hydrogens is 468 g/mol. The molecule has 0 saturated heterocycles. The maximum atomic E-state index is 13.3. The van der Waals surface area contributed by atoms with Crippen molar-refractivity contribution in [1.29, 1.82) is 0 Å². The van der Waals surface area contributed by atoms with Crippen molar-refractivity contribution in [1.82, 2.24) is 19.2 Å². The first-order valence-electron chi connectivity index (χ1n) is 11.9. The van der Waals surface area contributed by atoms with Crippen LogP contribution in [0.1, 0.15) is 49.9 Å². The van der Waals surface area contributed by atoms with Crippen molar-refractivity contribution >= 4 is 34.1 Å². The predicted molar refractivity (Wildman–Crippen MR) is 133 cm³/mol. The quantitative estimate of drug-likeness (QED) is 0.316. The molecule has 8 nitrogen and oxygen atoms in total. The van der Waals surface area contributed by atoms with E-state index in [0.29, 0.717) is 59.2 Å². The first kappa shape index (κ1) is 23.4. The lowest BCUT2D eigenvalue weighted by Gasteiger charge is -2.16. The Labute approximate surface area is 207 Å². The van der Waals surface area contributed by atoms with Crippen LogP contribution in [-0.2, 0) is 16.1 Å². The van der Waals surface area contributed by atoms with E-state index in [2.05, 4.69) is 5.10 Å². The van der Waals surface area contributed by atoms with E-state index in [1.807, 2.05) is 35.9 Å². The van der Waals surface area contributed by atoms with Crippen LogP contribution in [0.4, 0.5) is 0 Å². The third-order valence-corrected chi connectivity index (χ3v) is 6.62. The molecule has 35 heavy (non-hydrogen) atoms.